The highest BCUT2D eigenvalue weighted by atomic mass is 19.3. The molecule has 4 rings (SSSR count). The molecule has 0 aliphatic heterocycles. The van der Waals surface area contributed by atoms with Gasteiger partial charge in [-0.2, -0.15) is 19.0 Å². The van der Waals surface area contributed by atoms with Crippen LogP contribution < -0.4 is 10.1 Å². The van der Waals surface area contributed by atoms with Crippen molar-refractivity contribution < 1.29 is 13.5 Å². The summed E-state index contributed by atoms with van der Waals surface area (Å²) < 4.78 is 34.0. The monoisotopic (exact) mass is 441 g/mol. The number of pyridine rings is 2. The molecular formula is C22H25F2N7O. The zero-order valence-electron chi connectivity index (χ0n) is 18.4. The van der Waals surface area contributed by atoms with Gasteiger partial charge in [-0.25, -0.2) is 14.6 Å². The molecule has 0 bridgehead atoms. The van der Waals surface area contributed by atoms with E-state index >= 15 is 0 Å². The zero-order valence-corrected chi connectivity index (χ0v) is 18.4. The van der Waals surface area contributed by atoms with Gasteiger partial charge in [0, 0.05) is 30.5 Å². The molecule has 0 aliphatic rings. The van der Waals surface area contributed by atoms with Gasteiger partial charge >= 0.3 is 6.55 Å². The third kappa shape index (κ3) is 4.12. The number of halogens is 2. The number of anilines is 1. The Bertz CT molecular complexity index is 1230. The molecule has 0 amide bonds. The Morgan fingerprint density at radius 1 is 1.25 bits per heavy atom. The van der Waals surface area contributed by atoms with Crippen molar-refractivity contribution in [3.63, 3.8) is 0 Å². The summed E-state index contributed by atoms with van der Waals surface area (Å²) in [6.07, 6.45) is 4.43. The molecule has 4 aromatic rings. The smallest absolute Gasteiger partial charge is 0.333 e. The van der Waals surface area contributed by atoms with E-state index in [1.165, 1.54) is 12.4 Å². The molecule has 32 heavy (non-hydrogen) atoms. The quantitative estimate of drug-likeness (QED) is 0.415. The standard InChI is InChI=1S/C22H25F2N7O/c1-5-32-21-16(7-6-8-25-21)17-9-18(26-10-15-11-27-30(12-15)22(23)24)20-19(28-17)14(4)29-31(20)13(2)3/h6-9,11-13,22H,5,10H2,1-4H3,(H,26,28). The van der Waals surface area contributed by atoms with Crippen LogP contribution in [0, 0.1) is 6.92 Å². The van der Waals surface area contributed by atoms with E-state index in [1.807, 2.05) is 50.6 Å². The fraction of sp³-hybridized carbons (Fsp3) is 0.364. The Morgan fingerprint density at radius 3 is 2.75 bits per heavy atom. The summed E-state index contributed by atoms with van der Waals surface area (Å²) in [4.78, 5) is 9.21. The van der Waals surface area contributed by atoms with Crippen molar-refractivity contribution in [1.82, 2.24) is 29.5 Å². The first kappa shape index (κ1) is 21.7. The molecule has 168 valence electrons. The molecule has 0 aromatic carbocycles. The Kier molecular flexibility index (Phi) is 6.02. The molecule has 0 radical (unpaired) electrons. The van der Waals surface area contributed by atoms with Crippen molar-refractivity contribution in [3.8, 4) is 17.1 Å². The largest absolute Gasteiger partial charge is 0.477 e. The molecule has 4 aromatic heterocycles. The van der Waals surface area contributed by atoms with Gasteiger partial charge in [-0.1, -0.05) is 0 Å². The molecule has 10 heteroatoms. The van der Waals surface area contributed by atoms with Crippen molar-refractivity contribution in [2.75, 3.05) is 11.9 Å². The van der Waals surface area contributed by atoms with Gasteiger partial charge in [-0.3, -0.25) is 4.68 Å². The number of hydrogen-bond donors (Lipinski definition) is 1. The number of fused-ring (bicyclic) bond motifs is 1. The van der Waals surface area contributed by atoms with E-state index in [0.29, 0.717) is 35.0 Å². The Balaban J connectivity index is 1.81. The fourth-order valence-corrected chi connectivity index (χ4v) is 3.54. The summed E-state index contributed by atoms with van der Waals surface area (Å²) in [6, 6.07) is 5.77. The lowest BCUT2D eigenvalue weighted by atomic mass is 10.1. The number of rotatable bonds is 8. The summed E-state index contributed by atoms with van der Waals surface area (Å²) in [6.45, 7) is 6.04. The van der Waals surface area contributed by atoms with Gasteiger partial charge in [-0.05, 0) is 45.9 Å². The zero-order chi connectivity index (χ0) is 22.8. The third-order valence-corrected chi connectivity index (χ3v) is 4.98. The second-order valence-corrected chi connectivity index (χ2v) is 7.62. The average Bonchev–Trinajstić information content (AvgIpc) is 3.38. The lowest BCUT2D eigenvalue weighted by Crippen LogP contribution is -2.07. The molecule has 0 saturated carbocycles. The van der Waals surface area contributed by atoms with Crippen molar-refractivity contribution in [2.45, 2.75) is 46.8 Å². The maximum absolute atomic E-state index is 12.9. The summed E-state index contributed by atoms with van der Waals surface area (Å²) >= 11 is 0. The molecule has 0 fully saturated rings. The van der Waals surface area contributed by atoms with Crippen molar-refractivity contribution in [1.29, 1.82) is 0 Å². The van der Waals surface area contributed by atoms with Crippen LogP contribution in [0.25, 0.3) is 22.3 Å². The minimum atomic E-state index is -2.67. The van der Waals surface area contributed by atoms with Crippen molar-refractivity contribution in [3.05, 3.63) is 48.0 Å². The number of aromatic nitrogens is 6. The van der Waals surface area contributed by atoms with E-state index in [4.69, 9.17) is 9.72 Å². The first-order valence-corrected chi connectivity index (χ1v) is 10.4. The van der Waals surface area contributed by atoms with Gasteiger partial charge in [0.1, 0.15) is 11.0 Å². The van der Waals surface area contributed by atoms with E-state index in [2.05, 4.69) is 20.5 Å². The summed E-state index contributed by atoms with van der Waals surface area (Å²) in [5.41, 5.74) is 5.28. The Morgan fingerprint density at radius 2 is 2.06 bits per heavy atom. The van der Waals surface area contributed by atoms with E-state index < -0.39 is 6.55 Å². The predicted octanol–water partition coefficient (Wildman–Crippen LogP) is 4.99. The molecule has 0 saturated heterocycles. The maximum atomic E-state index is 12.9. The van der Waals surface area contributed by atoms with E-state index in [0.717, 1.165) is 28.0 Å². The van der Waals surface area contributed by atoms with Gasteiger partial charge in [0.15, 0.2) is 0 Å². The van der Waals surface area contributed by atoms with Crippen molar-refractivity contribution >= 4 is 16.7 Å². The molecule has 4 heterocycles. The predicted molar refractivity (Wildman–Crippen MR) is 118 cm³/mol. The number of nitrogens with one attached hydrogen (secondary N) is 1. The van der Waals surface area contributed by atoms with Crippen LogP contribution in [0.5, 0.6) is 5.88 Å². The van der Waals surface area contributed by atoms with Crippen LogP contribution in [0.3, 0.4) is 0 Å². The Labute approximate surface area is 184 Å². The average molecular weight is 441 g/mol. The topological polar surface area (TPSA) is 82.7 Å². The summed E-state index contributed by atoms with van der Waals surface area (Å²) in [5.74, 6) is 0.500. The second kappa shape index (κ2) is 8.89. The fourth-order valence-electron chi connectivity index (χ4n) is 3.54. The first-order valence-electron chi connectivity index (χ1n) is 10.4. The minimum absolute atomic E-state index is 0.110. The van der Waals surface area contributed by atoms with E-state index in [9.17, 15) is 8.78 Å². The SMILES string of the molecule is CCOc1ncccc1-c1cc(NCc2cnn(C(F)F)c2)c2c(n1)c(C)nn2C(C)C. The number of alkyl halides is 2. The van der Waals surface area contributed by atoms with Crippen molar-refractivity contribution in [2.24, 2.45) is 0 Å². The van der Waals surface area contributed by atoms with Crippen LogP contribution in [0.15, 0.2) is 36.8 Å². The summed E-state index contributed by atoms with van der Waals surface area (Å²) in [7, 11) is 0. The lowest BCUT2D eigenvalue weighted by molar-refractivity contribution is 0.0565. The number of aryl methyl sites for hydroxylation is 1. The molecule has 0 unspecified atom stereocenters. The van der Waals surface area contributed by atoms with E-state index in [1.54, 1.807) is 6.20 Å². The third-order valence-electron chi connectivity index (χ3n) is 4.98. The van der Waals surface area contributed by atoms with Crippen LogP contribution in [0.4, 0.5) is 14.5 Å². The van der Waals surface area contributed by atoms with Gasteiger partial charge < -0.3 is 10.1 Å². The molecule has 0 atom stereocenters. The van der Waals surface area contributed by atoms with Gasteiger partial charge in [0.2, 0.25) is 5.88 Å². The van der Waals surface area contributed by atoms with Crippen LogP contribution in [0.1, 0.15) is 44.6 Å². The number of nitrogens with zero attached hydrogens (tertiary/aromatic N) is 6. The van der Waals surface area contributed by atoms with Gasteiger partial charge in [-0.15, -0.1) is 0 Å². The van der Waals surface area contributed by atoms with Gasteiger partial charge in [0.25, 0.3) is 0 Å². The summed E-state index contributed by atoms with van der Waals surface area (Å²) in [5, 5.41) is 11.8. The highest BCUT2D eigenvalue weighted by molar-refractivity contribution is 5.93. The number of hydrogen-bond acceptors (Lipinski definition) is 6. The Hall–Kier alpha value is -3.56. The maximum Gasteiger partial charge on any atom is 0.333 e. The second-order valence-electron chi connectivity index (χ2n) is 7.62. The highest BCUT2D eigenvalue weighted by Gasteiger charge is 2.19. The molecule has 8 nitrogen and oxygen atoms in total. The normalized spacial score (nSPS) is 11.6. The molecule has 1 N–H and O–H groups in total. The highest BCUT2D eigenvalue weighted by Crippen LogP contribution is 2.34. The molecule has 0 spiro atoms. The first-order chi connectivity index (χ1) is 15.4. The molecular weight excluding hydrogens is 416 g/mol. The van der Waals surface area contributed by atoms with Crippen LogP contribution >= 0.6 is 0 Å². The van der Waals surface area contributed by atoms with Crippen LogP contribution in [-0.4, -0.2) is 36.1 Å². The minimum Gasteiger partial charge on any atom is -0.477 e. The van der Waals surface area contributed by atoms with E-state index in [-0.39, 0.29) is 6.04 Å². The lowest BCUT2D eigenvalue weighted by Gasteiger charge is -2.14. The van der Waals surface area contributed by atoms with Crippen LogP contribution in [-0.2, 0) is 6.54 Å². The van der Waals surface area contributed by atoms with Gasteiger partial charge in [0.05, 0.1) is 35.4 Å². The molecule has 0 aliphatic carbocycles. The van der Waals surface area contributed by atoms with Crippen LogP contribution in [0.2, 0.25) is 0 Å². The number of ether oxygens (including phenoxy) is 1.